The predicted octanol–water partition coefficient (Wildman–Crippen LogP) is 3.50. The second-order valence-corrected chi connectivity index (χ2v) is 11.4. The van der Waals surface area contributed by atoms with E-state index in [1.54, 1.807) is 30.3 Å². The first-order valence-electron chi connectivity index (χ1n) is 11.8. The molecule has 2 atom stereocenters. The molecule has 36 heavy (non-hydrogen) atoms. The van der Waals surface area contributed by atoms with Crippen molar-refractivity contribution in [3.05, 3.63) is 65.2 Å². The summed E-state index contributed by atoms with van der Waals surface area (Å²) in [7, 11) is -4.58. The van der Waals surface area contributed by atoms with Gasteiger partial charge in [0, 0.05) is 30.0 Å². The molecule has 2 aliphatic rings. The van der Waals surface area contributed by atoms with Gasteiger partial charge in [-0.15, -0.1) is 0 Å². The average Bonchev–Trinajstić information content (AvgIpc) is 3.00. The second-order valence-electron chi connectivity index (χ2n) is 9.17. The van der Waals surface area contributed by atoms with Crippen molar-refractivity contribution >= 4 is 33.3 Å². The van der Waals surface area contributed by atoms with Gasteiger partial charge in [0.1, 0.15) is 6.04 Å². The number of hydrogen-bond donors (Lipinski definition) is 2. The summed E-state index contributed by atoms with van der Waals surface area (Å²) < 4.78 is 58.6. The van der Waals surface area contributed by atoms with Gasteiger partial charge in [0.25, 0.3) is 5.92 Å². The molecular formula is C25H28ClF2N3O4S. The van der Waals surface area contributed by atoms with Gasteiger partial charge in [0.2, 0.25) is 15.9 Å². The number of piperidine rings is 1. The van der Waals surface area contributed by atoms with Crippen LogP contribution in [0.15, 0.2) is 59.5 Å². The molecule has 0 aliphatic carbocycles. The standard InChI is InChI=1S/C25H28ClF2N3O4S/c26-19-6-8-20(9-7-19)36(34,35)31(21-16-25(27,28)12-15-30-24(21)33)22(17-10-13-29-14-11-17)23(32)18-4-2-1-3-5-18/h1-9,17,21-22,29H,10-16H2,(H,30,33)/t21-,22?/m1/s1. The highest BCUT2D eigenvalue weighted by Crippen LogP contribution is 2.36. The number of alkyl halides is 2. The van der Waals surface area contributed by atoms with E-state index in [2.05, 4.69) is 10.6 Å². The lowest BCUT2D eigenvalue weighted by molar-refractivity contribution is -0.126. The van der Waals surface area contributed by atoms with E-state index in [9.17, 15) is 26.8 Å². The molecule has 0 spiro atoms. The lowest BCUT2D eigenvalue weighted by Gasteiger charge is -2.40. The third-order valence-electron chi connectivity index (χ3n) is 6.71. The van der Waals surface area contributed by atoms with Crippen LogP contribution in [-0.2, 0) is 14.8 Å². The number of carbonyl (C=O) groups excluding carboxylic acids is 2. The Labute approximate surface area is 214 Å². The topological polar surface area (TPSA) is 95.6 Å². The monoisotopic (exact) mass is 539 g/mol. The van der Waals surface area contributed by atoms with Crippen LogP contribution >= 0.6 is 11.6 Å². The number of nitrogens with one attached hydrogen (secondary N) is 2. The van der Waals surface area contributed by atoms with Crippen molar-refractivity contribution < 1.29 is 26.8 Å². The highest BCUT2D eigenvalue weighted by molar-refractivity contribution is 7.89. The van der Waals surface area contributed by atoms with E-state index in [-0.39, 0.29) is 22.0 Å². The number of rotatable bonds is 7. The molecule has 4 rings (SSSR count). The molecule has 2 aliphatic heterocycles. The van der Waals surface area contributed by atoms with Crippen LogP contribution in [0.4, 0.5) is 8.78 Å². The summed E-state index contributed by atoms with van der Waals surface area (Å²) in [4.78, 5) is 26.8. The molecule has 2 aromatic carbocycles. The van der Waals surface area contributed by atoms with Crippen molar-refractivity contribution in [2.24, 2.45) is 5.92 Å². The van der Waals surface area contributed by atoms with E-state index in [4.69, 9.17) is 11.6 Å². The van der Waals surface area contributed by atoms with Gasteiger partial charge in [-0.2, -0.15) is 4.31 Å². The van der Waals surface area contributed by atoms with Gasteiger partial charge in [-0.1, -0.05) is 41.9 Å². The third kappa shape index (κ3) is 5.77. The Hall–Kier alpha value is -2.40. The predicted molar refractivity (Wildman–Crippen MR) is 132 cm³/mol. The SMILES string of the molecule is O=C(c1ccccc1)C(C1CCNCC1)N([C@@H]1CC(F)(F)CCNC1=O)S(=O)(=O)c1ccc(Cl)cc1. The number of nitrogens with zero attached hydrogens (tertiary/aromatic N) is 1. The first-order chi connectivity index (χ1) is 17.1. The first-order valence-corrected chi connectivity index (χ1v) is 13.7. The normalized spacial score (nSPS) is 22.0. The number of Topliss-reactive ketones (excluding diaryl/α,β-unsaturated/α-hetero) is 1. The van der Waals surface area contributed by atoms with Crippen LogP contribution < -0.4 is 10.6 Å². The Morgan fingerprint density at radius 3 is 2.31 bits per heavy atom. The van der Waals surface area contributed by atoms with Crippen LogP contribution in [0.3, 0.4) is 0 Å². The van der Waals surface area contributed by atoms with Crippen molar-refractivity contribution in [3.63, 3.8) is 0 Å². The van der Waals surface area contributed by atoms with Gasteiger partial charge < -0.3 is 10.6 Å². The number of amides is 1. The fraction of sp³-hybridized carbons (Fsp3) is 0.440. The van der Waals surface area contributed by atoms with Crippen molar-refractivity contribution in [3.8, 4) is 0 Å². The highest BCUT2D eigenvalue weighted by Gasteiger charge is 2.51. The van der Waals surface area contributed by atoms with Crippen LogP contribution in [0.25, 0.3) is 0 Å². The molecule has 2 fully saturated rings. The van der Waals surface area contributed by atoms with Crippen LogP contribution in [0, 0.1) is 5.92 Å². The summed E-state index contributed by atoms with van der Waals surface area (Å²) in [5, 5.41) is 5.90. The van der Waals surface area contributed by atoms with E-state index >= 15 is 0 Å². The molecule has 0 aromatic heterocycles. The van der Waals surface area contributed by atoms with Crippen LogP contribution in [0.5, 0.6) is 0 Å². The third-order valence-corrected chi connectivity index (χ3v) is 8.87. The van der Waals surface area contributed by atoms with E-state index in [1.807, 2.05) is 0 Å². The number of hydrogen-bond acceptors (Lipinski definition) is 5. The average molecular weight is 540 g/mol. The molecule has 194 valence electrons. The smallest absolute Gasteiger partial charge is 0.251 e. The zero-order chi connectivity index (χ0) is 25.9. The molecule has 2 saturated heterocycles. The minimum absolute atomic E-state index is 0.230. The number of ketones is 1. The summed E-state index contributed by atoms with van der Waals surface area (Å²) in [6.45, 7) is 0.776. The van der Waals surface area contributed by atoms with E-state index in [1.165, 1.54) is 24.3 Å². The minimum Gasteiger partial charge on any atom is -0.354 e. The second kappa shape index (κ2) is 10.9. The summed E-state index contributed by atoms with van der Waals surface area (Å²) in [6.07, 6.45) is -0.745. The maximum atomic E-state index is 14.8. The summed E-state index contributed by atoms with van der Waals surface area (Å²) in [6, 6.07) is 10.3. The maximum Gasteiger partial charge on any atom is 0.251 e. The van der Waals surface area contributed by atoms with Crippen molar-refractivity contribution in [2.75, 3.05) is 19.6 Å². The first kappa shape index (κ1) is 26.7. The summed E-state index contributed by atoms with van der Waals surface area (Å²) in [5.41, 5.74) is 0.248. The largest absolute Gasteiger partial charge is 0.354 e. The number of carbonyl (C=O) groups is 2. The van der Waals surface area contributed by atoms with Crippen molar-refractivity contribution in [2.45, 2.75) is 48.6 Å². The molecule has 0 saturated carbocycles. The number of sulfonamides is 1. The molecule has 2 N–H and O–H groups in total. The lowest BCUT2D eigenvalue weighted by atomic mass is 9.84. The fourth-order valence-electron chi connectivity index (χ4n) is 4.88. The van der Waals surface area contributed by atoms with Crippen LogP contribution in [-0.4, -0.2) is 62.1 Å². The Morgan fingerprint density at radius 1 is 1.03 bits per heavy atom. The fourth-order valence-corrected chi connectivity index (χ4v) is 6.80. The summed E-state index contributed by atoms with van der Waals surface area (Å²) >= 11 is 5.95. The van der Waals surface area contributed by atoms with Gasteiger partial charge in [-0.3, -0.25) is 9.59 Å². The molecule has 2 aromatic rings. The Balaban J connectivity index is 1.91. The van der Waals surface area contributed by atoms with Crippen molar-refractivity contribution in [1.29, 1.82) is 0 Å². The Bertz CT molecular complexity index is 1190. The van der Waals surface area contributed by atoms with Crippen LogP contribution in [0.2, 0.25) is 5.02 Å². The molecule has 11 heteroatoms. The van der Waals surface area contributed by atoms with Crippen LogP contribution in [0.1, 0.15) is 36.0 Å². The number of halogens is 3. The van der Waals surface area contributed by atoms with E-state index < -0.39 is 58.5 Å². The molecule has 0 bridgehead atoms. The highest BCUT2D eigenvalue weighted by atomic mass is 35.5. The lowest BCUT2D eigenvalue weighted by Crippen LogP contribution is -2.59. The molecular weight excluding hydrogens is 512 g/mol. The minimum atomic E-state index is -4.58. The quantitative estimate of drug-likeness (QED) is 0.525. The Morgan fingerprint density at radius 2 is 1.67 bits per heavy atom. The zero-order valence-electron chi connectivity index (χ0n) is 19.5. The maximum absolute atomic E-state index is 14.8. The van der Waals surface area contributed by atoms with E-state index in [0.717, 1.165) is 4.31 Å². The van der Waals surface area contributed by atoms with Gasteiger partial charge >= 0.3 is 0 Å². The van der Waals surface area contributed by atoms with E-state index in [0.29, 0.717) is 25.9 Å². The zero-order valence-corrected chi connectivity index (χ0v) is 21.1. The van der Waals surface area contributed by atoms with Gasteiger partial charge in [0.15, 0.2) is 5.78 Å². The number of benzene rings is 2. The van der Waals surface area contributed by atoms with Crippen molar-refractivity contribution in [1.82, 2.24) is 14.9 Å². The molecule has 1 unspecified atom stereocenters. The molecule has 1 amide bonds. The molecule has 7 nitrogen and oxygen atoms in total. The van der Waals surface area contributed by atoms with Gasteiger partial charge in [0.05, 0.1) is 10.9 Å². The van der Waals surface area contributed by atoms with Gasteiger partial charge in [-0.25, -0.2) is 17.2 Å². The molecule has 0 radical (unpaired) electrons. The summed E-state index contributed by atoms with van der Waals surface area (Å²) in [5.74, 6) is -5.15. The molecule has 2 heterocycles. The van der Waals surface area contributed by atoms with Gasteiger partial charge in [-0.05, 0) is 56.1 Å². The Kier molecular flexibility index (Phi) is 8.09.